The molecule has 24 heavy (non-hydrogen) atoms. The summed E-state index contributed by atoms with van der Waals surface area (Å²) >= 11 is 5.43. The molecule has 0 aliphatic heterocycles. The van der Waals surface area contributed by atoms with Crippen LogP contribution < -0.4 is 8.92 Å². The number of fused-ring (bicyclic) bond motifs is 1. The van der Waals surface area contributed by atoms with Crippen LogP contribution in [-0.4, -0.2) is 32.0 Å². The quantitative estimate of drug-likeness (QED) is 0.422. The topological polar surface area (TPSA) is 0 Å². The fraction of sp³-hybridized carbons (Fsp3) is 0. The van der Waals surface area contributed by atoms with Gasteiger partial charge >= 0.3 is 159 Å². The maximum atomic E-state index is 2.71. The van der Waals surface area contributed by atoms with Gasteiger partial charge in [0.1, 0.15) is 0 Å². The molecule has 0 aliphatic rings. The Labute approximate surface area is 158 Å². The number of rotatable bonds is 2. The van der Waals surface area contributed by atoms with Crippen molar-refractivity contribution >= 4 is 51.7 Å². The third-order valence-corrected chi connectivity index (χ3v) is 5.85. The van der Waals surface area contributed by atoms with Crippen molar-refractivity contribution in [3.05, 3.63) is 84.9 Å². The molecule has 2 heteroatoms. The van der Waals surface area contributed by atoms with Crippen LogP contribution >= 0.6 is 0 Å². The first-order valence-corrected chi connectivity index (χ1v) is 9.72. The summed E-state index contributed by atoms with van der Waals surface area (Å²) in [7, 11) is 0. The summed E-state index contributed by atoms with van der Waals surface area (Å²) in [5.41, 5.74) is 5.13. The van der Waals surface area contributed by atoms with E-state index in [0.717, 1.165) is 0 Å². The van der Waals surface area contributed by atoms with Crippen LogP contribution in [0.25, 0.3) is 33.0 Å². The minimum atomic E-state index is 1.25. The molecule has 0 bridgehead atoms. The second-order valence-corrected chi connectivity index (χ2v) is 7.77. The predicted molar refractivity (Wildman–Crippen MR) is 108 cm³/mol. The molecule has 4 rings (SSSR count). The summed E-state index contributed by atoms with van der Waals surface area (Å²) in [6.45, 7) is 0. The van der Waals surface area contributed by atoms with Gasteiger partial charge < -0.3 is 0 Å². The molecular formula is C22H16Se2. The SMILES string of the molecule is [SeH]c1ccc2c(-c3ccccc3)c([SeH])ccc2c1-c1ccccc1. The standard InChI is InChI=1S/C22H16Se2/c23-19-13-12-18-17(21(19)15-7-3-1-4-8-15)11-14-20(24)22(18)16-9-5-2-6-10-16/h1-14,23-24H. The third kappa shape index (κ3) is 2.73. The molecule has 4 aromatic rings. The van der Waals surface area contributed by atoms with E-state index < -0.39 is 0 Å². The van der Waals surface area contributed by atoms with Gasteiger partial charge in [-0.3, -0.25) is 0 Å². The van der Waals surface area contributed by atoms with E-state index >= 15 is 0 Å². The number of hydrogen-bond acceptors (Lipinski definition) is 0. The van der Waals surface area contributed by atoms with Gasteiger partial charge in [0, 0.05) is 0 Å². The average molecular weight is 438 g/mol. The summed E-state index contributed by atoms with van der Waals surface area (Å²) in [6.07, 6.45) is 0. The second kappa shape index (κ2) is 6.59. The summed E-state index contributed by atoms with van der Waals surface area (Å²) in [4.78, 5) is 0. The van der Waals surface area contributed by atoms with Crippen molar-refractivity contribution in [1.82, 2.24) is 0 Å². The molecule has 0 atom stereocenters. The Morgan fingerprint density at radius 3 is 1.17 bits per heavy atom. The normalized spacial score (nSPS) is 10.9. The van der Waals surface area contributed by atoms with Gasteiger partial charge in [-0.1, -0.05) is 0 Å². The van der Waals surface area contributed by atoms with Crippen LogP contribution in [0.3, 0.4) is 0 Å². The van der Waals surface area contributed by atoms with Gasteiger partial charge in [-0.15, -0.1) is 0 Å². The van der Waals surface area contributed by atoms with E-state index in [1.165, 1.54) is 41.9 Å². The molecule has 0 N–H and O–H groups in total. The minimum absolute atomic E-state index is 1.25. The molecule has 0 radical (unpaired) electrons. The first kappa shape index (κ1) is 15.7. The van der Waals surface area contributed by atoms with E-state index in [1.807, 2.05) is 0 Å². The van der Waals surface area contributed by atoms with Gasteiger partial charge in [0.05, 0.1) is 0 Å². The van der Waals surface area contributed by atoms with Crippen LogP contribution in [0.5, 0.6) is 0 Å². The summed E-state index contributed by atoms with van der Waals surface area (Å²) in [5.74, 6) is 0. The third-order valence-electron chi connectivity index (χ3n) is 4.28. The average Bonchev–Trinajstić information content (AvgIpc) is 2.63. The molecule has 0 nitrogen and oxygen atoms in total. The fourth-order valence-corrected chi connectivity index (χ4v) is 4.56. The number of hydrogen-bond donors (Lipinski definition) is 0. The Morgan fingerprint density at radius 1 is 0.417 bits per heavy atom. The van der Waals surface area contributed by atoms with Gasteiger partial charge in [-0.25, -0.2) is 0 Å². The van der Waals surface area contributed by atoms with Crippen LogP contribution in [0.15, 0.2) is 84.9 Å². The molecule has 0 heterocycles. The van der Waals surface area contributed by atoms with E-state index in [1.54, 1.807) is 0 Å². The van der Waals surface area contributed by atoms with E-state index in [0.29, 0.717) is 0 Å². The van der Waals surface area contributed by atoms with E-state index in [2.05, 4.69) is 117 Å². The first-order valence-electron chi connectivity index (χ1n) is 7.84. The molecule has 0 aliphatic carbocycles. The Hall–Kier alpha value is -1.82. The van der Waals surface area contributed by atoms with Gasteiger partial charge in [-0.2, -0.15) is 0 Å². The fourth-order valence-electron chi connectivity index (χ4n) is 3.20. The van der Waals surface area contributed by atoms with Crippen molar-refractivity contribution < 1.29 is 0 Å². The zero-order valence-corrected chi connectivity index (χ0v) is 16.7. The van der Waals surface area contributed by atoms with Crippen LogP contribution in [0, 0.1) is 0 Å². The molecular weight excluding hydrogens is 422 g/mol. The molecule has 4 aromatic carbocycles. The van der Waals surface area contributed by atoms with Crippen molar-refractivity contribution in [2.45, 2.75) is 0 Å². The van der Waals surface area contributed by atoms with Gasteiger partial charge in [0.2, 0.25) is 0 Å². The maximum absolute atomic E-state index is 2.71. The monoisotopic (exact) mass is 440 g/mol. The van der Waals surface area contributed by atoms with E-state index in [9.17, 15) is 0 Å². The summed E-state index contributed by atoms with van der Waals surface area (Å²) < 4.78 is 2.50. The summed E-state index contributed by atoms with van der Waals surface area (Å²) in [5, 5.41) is 2.60. The van der Waals surface area contributed by atoms with E-state index in [-0.39, 0.29) is 0 Å². The van der Waals surface area contributed by atoms with Crippen LogP contribution in [-0.2, 0) is 0 Å². The molecule has 0 amide bonds. The van der Waals surface area contributed by atoms with Crippen molar-refractivity contribution in [2.24, 2.45) is 0 Å². The molecule has 0 aromatic heterocycles. The predicted octanol–water partition coefficient (Wildman–Crippen LogP) is 3.23. The Morgan fingerprint density at radius 2 is 0.792 bits per heavy atom. The van der Waals surface area contributed by atoms with Gasteiger partial charge in [0.15, 0.2) is 0 Å². The van der Waals surface area contributed by atoms with Crippen LogP contribution in [0.4, 0.5) is 0 Å². The van der Waals surface area contributed by atoms with Crippen molar-refractivity contribution in [3.63, 3.8) is 0 Å². The van der Waals surface area contributed by atoms with Crippen molar-refractivity contribution in [2.75, 3.05) is 0 Å². The molecule has 0 saturated heterocycles. The Kier molecular flexibility index (Phi) is 4.31. The van der Waals surface area contributed by atoms with Crippen molar-refractivity contribution in [1.29, 1.82) is 0 Å². The van der Waals surface area contributed by atoms with E-state index in [4.69, 9.17) is 0 Å². The Bertz CT molecular complexity index is 921. The molecule has 116 valence electrons. The molecule has 0 saturated carbocycles. The van der Waals surface area contributed by atoms with Crippen molar-refractivity contribution in [3.8, 4) is 22.3 Å². The molecule has 0 unspecified atom stereocenters. The zero-order valence-electron chi connectivity index (χ0n) is 13.0. The first-order chi connectivity index (χ1) is 11.8. The summed E-state index contributed by atoms with van der Waals surface area (Å²) in [6, 6.07) is 30.2. The zero-order chi connectivity index (χ0) is 16.5. The van der Waals surface area contributed by atoms with Crippen LogP contribution in [0.2, 0.25) is 0 Å². The Balaban J connectivity index is 2.09. The van der Waals surface area contributed by atoms with Gasteiger partial charge in [-0.05, 0) is 0 Å². The van der Waals surface area contributed by atoms with Gasteiger partial charge in [0.25, 0.3) is 0 Å². The second-order valence-electron chi connectivity index (χ2n) is 5.75. The van der Waals surface area contributed by atoms with Crippen LogP contribution in [0.1, 0.15) is 0 Å². The molecule has 0 spiro atoms. The number of benzene rings is 4. The molecule has 0 fully saturated rings.